The van der Waals surface area contributed by atoms with Crippen molar-refractivity contribution in [3.63, 3.8) is 0 Å². The number of carbonyl (C=O) groups is 1. The molecule has 0 atom stereocenters. The quantitative estimate of drug-likeness (QED) is 0.609. The second kappa shape index (κ2) is 9.74. The van der Waals surface area contributed by atoms with Crippen LogP contribution in [0.2, 0.25) is 0 Å². The van der Waals surface area contributed by atoms with Crippen LogP contribution in [0.15, 0.2) is 41.3 Å². The molecule has 0 aliphatic carbocycles. The van der Waals surface area contributed by atoms with E-state index >= 15 is 0 Å². The van der Waals surface area contributed by atoms with Crippen LogP contribution in [0, 0.1) is 11.3 Å². The summed E-state index contributed by atoms with van der Waals surface area (Å²) in [6, 6.07) is 11.6. The lowest BCUT2D eigenvalue weighted by molar-refractivity contribution is -0.192. The highest BCUT2D eigenvalue weighted by Crippen LogP contribution is 2.26. The number of nitrogens with zero attached hydrogens (tertiary/aromatic N) is 5. The van der Waals surface area contributed by atoms with Crippen LogP contribution >= 0.6 is 0 Å². The van der Waals surface area contributed by atoms with Gasteiger partial charge in [0.1, 0.15) is 5.52 Å². The number of aromatic nitrogens is 3. The minimum Gasteiger partial charge on any atom is -0.475 e. The average molecular weight is 462 g/mol. The van der Waals surface area contributed by atoms with Gasteiger partial charge in [0.2, 0.25) is 0 Å². The Hall–Kier alpha value is -3.85. The van der Waals surface area contributed by atoms with Gasteiger partial charge in [0.25, 0.3) is 0 Å². The largest absolute Gasteiger partial charge is 0.490 e. The van der Waals surface area contributed by atoms with E-state index in [9.17, 15) is 23.2 Å². The summed E-state index contributed by atoms with van der Waals surface area (Å²) < 4.78 is 35.0. The third kappa shape index (κ3) is 5.15. The Morgan fingerprint density at radius 3 is 2.48 bits per heavy atom. The van der Waals surface area contributed by atoms with E-state index in [0.29, 0.717) is 17.8 Å². The van der Waals surface area contributed by atoms with Gasteiger partial charge in [-0.25, -0.2) is 14.6 Å². The molecule has 2 N–H and O–H groups in total. The fraction of sp³-hybridized carbons (Fsp3) is 0.333. The molecule has 0 spiro atoms. The van der Waals surface area contributed by atoms with Crippen LogP contribution in [0.5, 0.6) is 0 Å². The van der Waals surface area contributed by atoms with Crippen molar-refractivity contribution in [3.05, 3.63) is 58.1 Å². The zero-order valence-corrected chi connectivity index (χ0v) is 17.6. The summed E-state index contributed by atoms with van der Waals surface area (Å²) in [5.41, 5.74) is 3.81. The Labute approximate surface area is 186 Å². The van der Waals surface area contributed by atoms with Crippen molar-refractivity contribution in [2.75, 3.05) is 31.1 Å². The topological polar surface area (TPSA) is 116 Å². The van der Waals surface area contributed by atoms with Crippen molar-refractivity contribution in [1.29, 1.82) is 5.26 Å². The Morgan fingerprint density at radius 1 is 1.24 bits per heavy atom. The van der Waals surface area contributed by atoms with E-state index in [-0.39, 0.29) is 5.69 Å². The number of piperazine rings is 1. The van der Waals surface area contributed by atoms with Crippen molar-refractivity contribution in [2.45, 2.75) is 12.7 Å². The number of anilines is 1. The van der Waals surface area contributed by atoms with Gasteiger partial charge < -0.3 is 15.3 Å². The summed E-state index contributed by atoms with van der Waals surface area (Å²) in [6.07, 6.45) is -3.33. The number of halogens is 3. The summed E-state index contributed by atoms with van der Waals surface area (Å²) in [5.74, 6) is -2.76. The van der Waals surface area contributed by atoms with Gasteiger partial charge in [0.15, 0.2) is 5.65 Å². The predicted octanol–water partition coefficient (Wildman–Crippen LogP) is 1.70. The first-order chi connectivity index (χ1) is 15.6. The van der Waals surface area contributed by atoms with E-state index in [4.69, 9.17) is 9.90 Å². The molecular formula is C21H21F3N6O3. The second-order valence-electron chi connectivity index (χ2n) is 7.24. The van der Waals surface area contributed by atoms with Crippen molar-refractivity contribution >= 4 is 22.8 Å². The average Bonchev–Trinajstić information content (AvgIpc) is 3.05. The summed E-state index contributed by atoms with van der Waals surface area (Å²) in [6.45, 7) is 3.95. The number of hydrogen-bond acceptors (Lipinski definition) is 6. The van der Waals surface area contributed by atoms with Crippen LogP contribution in [-0.4, -0.2) is 57.5 Å². The van der Waals surface area contributed by atoms with Crippen LogP contribution in [0.4, 0.5) is 18.9 Å². The number of benzene rings is 1. The molecule has 174 valence electrons. The summed E-state index contributed by atoms with van der Waals surface area (Å²) in [5, 5.41) is 19.8. The number of nitriles is 1. The minimum absolute atomic E-state index is 0.122. The monoisotopic (exact) mass is 462 g/mol. The van der Waals surface area contributed by atoms with Gasteiger partial charge >= 0.3 is 17.8 Å². The van der Waals surface area contributed by atoms with Crippen LogP contribution in [0.3, 0.4) is 0 Å². The fourth-order valence-electron chi connectivity index (χ4n) is 3.55. The maximum Gasteiger partial charge on any atom is 0.490 e. The van der Waals surface area contributed by atoms with Crippen molar-refractivity contribution in [3.8, 4) is 6.07 Å². The molecule has 0 amide bonds. The lowest BCUT2D eigenvalue weighted by Crippen LogP contribution is -2.43. The molecule has 1 fully saturated rings. The van der Waals surface area contributed by atoms with Crippen molar-refractivity contribution in [1.82, 2.24) is 19.4 Å². The second-order valence-corrected chi connectivity index (χ2v) is 7.24. The molecule has 1 aromatic carbocycles. The molecule has 1 aliphatic rings. The maximum atomic E-state index is 12.9. The molecule has 0 unspecified atom stereocenters. The first kappa shape index (κ1) is 23.8. The van der Waals surface area contributed by atoms with E-state index in [1.54, 1.807) is 28.4 Å². The van der Waals surface area contributed by atoms with Gasteiger partial charge in [0.05, 0.1) is 23.9 Å². The van der Waals surface area contributed by atoms with Gasteiger partial charge in [0, 0.05) is 39.4 Å². The number of imidazole rings is 1. The van der Waals surface area contributed by atoms with E-state index in [0.717, 1.165) is 42.9 Å². The SMILES string of the molecule is Cn1c(=O)n(Cc2ccccc2C#N)c2c(N3CCNCC3)ccnc21.O=C(O)C(F)(F)F. The number of nitrogens with one attached hydrogen (secondary N) is 1. The molecule has 0 saturated carbocycles. The van der Waals surface area contributed by atoms with E-state index < -0.39 is 12.1 Å². The third-order valence-corrected chi connectivity index (χ3v) is 5.16. The van der Waals surface area contributed by atoms with Crippen LogP contribution in [0.25, 0.3) is 11.2 Å². The van der Waals surface area contributed by atoms with Gasteiger partial charge in [-0.15, -0.1) is 0 Å². The standard InChI is InChI=1S/C19H20N6O.C2HF3O2/c1-23-18-17(16(6-7-22-18)24-10-8-21-9-11-24)25(19(23)26)13-15-5-3-2-4-14(15)12-20;3-2(4,5)1(6)7/h2-7,21H,8-11,13H2,1H3;(H,6,7). The van der Waals surface area contributed by atoms with Gasteiger partial charge in [-0.1, -0.05) is 18.2 Å². The number of fused-ring (bicyclic) bond motifs is 1. The summed E-state index contributed by atoms with van der Waals surface area (Å²) in [7, 11) is 1.74. The van der Waals surface area contributed by atoms with Crippen LogP contribution < -0.4 is 15.9 Å². The number of rotatable bonds is 3. The predicted molar refractivity (Wildman–Crippen MR) is 114 cm³/mol. The zero-order valence-electron chi connectivity index (χ0n) is 17.6. The number of carboxylic acid groups (broad SMARTS) is 1. The molecular weight excluding hydrogens is 441 g/mol. The van der Waals surface area contributed by atoms with E-state index in [1.807, 2.05) is 24.3 Å². The third-order valence-electron chi connectivity index (χ3n) is 5.16. The van der Waals surface area contributed by atoms with E-state index in [1.165, 1.54) is 0 Å². The number of hydrogen-bond donors (Lipinski definition) is 2. The maximum absolute atomic E-state index is 12.9. The molecule has 4 rings (SSSR count). The first-order valence-corrected chi connectivity index (χ1v) is 9.93. The Balaban J connectivity index is 0.000000383. The number of aliphatic carboxylic acids is 1. The van der Waals surface area contributed by atoms with Crippen molar-refractivity contribution in [2.24, 2.45) is 7.05 Å². The van der Waals surface area contributed by atoms with Gasteiger partial charge in [-0.05, 0) is 17.7 Å². The molecule has 3 aromatic rings. The lowest BCUT2D eigenvalue weighted by Gasteiger charge is -2.30. The molecule has 0 bridgehead atoms. The number of pyridine rings is 1. The Morgan fingerprint density at radius 2 is 1.88 bits per heavy atom. The molecule has 2 aromatic heterocycles. The highest BCUT2D eigenvalue weighted by Gasteiger charge is 2.38. The Kier molecular flexibility index (Phi) is 7.03. The van der Waals surface area contributed by atoms with Crippen LogP contribution in [-0.2, 0) is 18.4 Å². The molecule has 33 heavy (non-hydrogen) atoms. The zero-order chi connectivity index (χ0) is 24.2. The van der Waals surface area contributed by atoms with Crippen molar-refractivity contribution < 1.29 is 23.1 Å². The number of alkyl halides is 3. The highest BCUT2D eigenvalue weighted by molar-refractivity contribution is 5.87. The molecule has 0 radical (unpaired) electrons. The molecule has 9 nitrogen and oxygen atoms in total. The smallest absolute Gasteiger partial charge is 0.475 e. The molecule has 1 saturated heterocycles. The number of carboxylic acids is 1. The summed E-state index contributed by atoms with van der Waals surface area (Å²) in [4.78, 5) is 28.5. The number of aryl methyl sites for hydroxylation is 1. The Bertz CT molecular complexity index is 1250. The van der Waals surface area contributed by atoms with Crippen LogP contribution in [0.1, 0.15) is 11.1 Å². The molecule has 12 heteroatoms. The molecule has 3 heterocycles. The summed E-state index contributed by atoms with van der Waals surface area (Å²) >= 11 is 0. The first-order valence-electron chi connectivity index (χ1n) is 9.93. The van der Waals surface area contributed by atoms with E-state index in [2.05, 4.69) is 21.3 Å². The highest BCUT2D eigenvalue weighted by atomic mass is 19.4. The fourth-order valence-corrected chi connectivity index (χ4v) is 3.55. The minimum atomic E-state index is -5.08. The normalized spacial score (nSPS) is 13.8. The van der Waals surface area contributed by atoms with Gasteiger partial charge in [-0.2, -0.15) is 18.4 Å². The molecule has 1 aliphatic heterocycles. The lowest BCUT2D eigenvalue weighted by atomic mass is 10.1. The van der Waals surface area contributed by atoms with Gasteiger partial charge in [-0.3, -0.25) is 9.13 Å².